The van der Waals surface area contributed by atoms with Crippen LogP contribution < -0.4 is 5.73 Å². The Morgan fingerprint density at radius 2 is 2.24 bits per heavy atom. The predicted octanol–water partition coefficient (Wildman–Crippen LogP) is 2.78. The highest BCUT2D eigenvalue weighted by Crippen LogP contribution is 2.43. The predicted molar refractivity (Wildman–Crippen MR) is 69.2 cm³/mol. The molecule has 2 atom stereocenters. The Bertz CT molecular complexity index is 418. The first-order valence-electron chi connectivity index (χ1n) is 6.32. The van der Waals surface area contributed by atoms with Crippen LogP contribution in [0.3, 0.4) is 0 Å². The van der Waals surface area contributed by atoms with Crippen molar-refractivity contribution in [1.82, 2.24) is 0 Å². The summed E-state index contributed by atoms with van der Waals surface area (Å²) in [6.45, 7) is 0.804. The highest BCUT2D eigenvalue weighted by Gasteiger charge is 2.48. The number of rotatable bonds is 3. The molecule has 1 heterocycles. The fourth-order valence-corrected chi connectivity index (χ4v) is 3.12. The van der Waals surface area contributed by atoms with Crippen molar-refractivity contribution in [3.63, 3.8) is 0 Å². The molecule has 3 heteroatoms. The van der Waals surface area contributed by atoms with Crippen LogP contribution in [0.4, 0.5) is 0 Å². The molecule has 0 radical (unpaired) electrons. The Kier molecular flexibility index (Phi) is 2.89. The standard InChI is InChI=1S/C14H18ClNO/c15-12-3-1-2-10(8-12)9-14(16)6-7-17-13(14)11-4-5-11/h1-3,8,11,13H,4-7,9,16H2. The van der Waals surface area contributed by atoms with E-state index in [0.717, 1.165) is 24.5 Å². The minimum absolute atomic E-state index is 0.189. The summed E-state index contributed by atoms with van der Waals surface area (Å²) in [5.41, 5.74) is 7.59. The lowest BCUT2D eigenvalue weighted by Crippen LogP contribution is -2.50. The molecule has 2 N–H and O–H groups in total. The molecule has 17 heavy (non-hydrogen) atoms. The van der Waals surface area contributed by atoms with Crippen molar-refractivity contribution >= 4 is 11.6 Å². The molecule has 0 spiro atoms. The maximum atomic E-state index is 6.56. The highest BCUT2D eigenvalue weighted by molar-refractivity contribution is 6.30. The third-order valence-corrected chi connectivity index (χ3v) is 4.14. The molecule has 2 unspecified atom stereocenters. The van der Waals surface area contributed by atoms with Crippen molar-refractivity contribution < 1.29 is 4.74 Å². The van der Waals surface area contributed by atoms with Gasteiger partial charge in [0.1, 0.15) is 0 Å². The van der Waals surface area contributed by atoms with Crippen LogP contribution in [0.1, 0.15) is 24.8 Å². The summed E-state index contributed by atoms with van der Waals surface area (Å²) in [4.78, 5) is 0. The lowest BCUT2D eigenvalue weighted by atomic mass is 9.83. The van der Waals surface area contributed by atoms with Crippen molar-refractivity contribution in [3.05, 3.63) is 34.9 Å². The first-order valence-corrected chi connectivity index (χ1v) is 6.70. The number of benzene rings is 1. The van der Waals surface area contributed by atoms with E-state index in [1.807, 2.05) is 18.2 Å². The monoisotopic (exact) mass is 251 g/mol. The first-order chi connectivity index (χ1) is 8.17. The lowest BCUT2D eigenvalue weighted by molar-refractivity contribution is 0.0627. The third-order valence-electron chi connectivity index (χ3n) is 3.90. The zero-order valence-electron chi connectivity index (χ0n) is 9.86. The van der Waals surface area contributed by atoms with E-state index in [1.165, 1.54) is 18.4 Å². The van der Waals surface area contributed by atoms with Gasteiger partial charge in [-0.15, -0.1) is 0 Å². The van der Waals surface area contributed by atoms with Crippen LogP contribution in [-0.2, 0) is 11.2 Å². The summed E-state index contributed by atoms with van der Waals surface area (Å²) in [5, 5.41) is 0.785. The summed E-state index contributed by atoms with van der Waals surface area (Å²) in [6, 6.07) is 8.00. The van der Waals surface area contributed by atoms with Crippen molar-refractivity contribution in [2.45, 2.75) is 37.3 Å². The van der Waals surface area contributed by atoms with Gasteiger partial charge in [0.25, 0.3) is 0 Å². The van der Waals surface area contributed by atoms with E-state index in [2.05, 4.69) is 6.07 Å². The summed E-state index contributed by atoms with van der Waals surface area (Å²) < 4.78 is 5.84. The lowest BCUT2D eigenvalue weighted by Gasteiger charge is -2.30. The molecule has 0 aromatic heterocycles. The molecule has 92 valence electrons. The molecule has 2 aliphatic rings. The van der Waals surface area contributed by atoms with Gasteiger partial charge in [-0.3, -0.25) is 0 Å². The van der Waals surface area contributed by atoms with Gasteiger partial charge < -0.3 is 10.5 Å². The molecule has 0 amide bonds. The van der Waals surface area contributed by atoms with Crippen LogP contribution in [0.25, 0.3) is 0 Å². The normalized spacial score (nSPS) is 32.9. The molecule has 1 aliphatic carbocycles. The van der Waals surface area contributed by atoms with Gasteiger partial charge in [-0.1, -0.05) is 23.7 Å². The zero-order valence-corrected chi connectivity index (χ0v) is 10.6. The largest absolute Gasteiger partial charge is 0.376 e. The van der Waals surface area contributed by atoms with Crippen molar-refractivity contribution in [2.24, 2.45) is 11.7 Å². The van der Waals surface area contributed by atoms with E-state index in [-0.39, 0.29) is 11.6 Å². The quantitative estimate of drug-likeness (QED) is 0.897. The first kappa shape index (κ1) is 11.5. The second-order valence-electron chi connectivity index (χ2n) is 5.42. The second-order valence-corrected chi connectivity index (χ2v) is 5.86. The van der Waals surface area contributed by atoms with Gasteiger partial charge >= 0.3 is 0 Å². The van der Waals surface area contributed by atoms with E-state index in [1.54, 1.807) is 0 Å². The maximum Gasteiger partial charge on any atom is 0.0786 e. The van der Waals surface area contributed by atoms with Crippen LogP contribution in [-0.4, -0.2) is 18.2 Å². The Balaban J connectivity index is 1.78. The molecule has 1 aromatic carbocycles. The van der Waals surface area contributed by atoms with Crippen LogP contribution in [0.2, 0.25) is 5.02 Å². The van der Waals surface area contributed by atoms with E-state index >= 15 is 0 Å². The van der Waals surface area contributed by atoms with Gasteiger partial charge in [-0.25, -0.2) is 0 Å². The molecule has 1 aromatic rings. The summed E-state index contributed by atoms with van der Waals surface area (Å²) in [5.74, 6) is 0.696. The molecule has 3 rings (SSSR count). The van der Waals surface area contributed by atoms with Crippen LogP contribution >= 0.6 is 11.6 Å². The SMILES string of the molecule is NC1(Cc2cccc(Cl)c2)CCOC1C1CC1. The molecular weight excluding hydrogens is 234 g/mol. The Morgan fingerprint density at radius 3 is 2.94 bits per heavy atom. The fraction of sp³-hybridized carbons (Fsp3) is 0.571. The van der Waals surface area contributed by atoms with Crippen LogP contribution in [0.5, 0.6) is 0 Å². The number of ether oxygens (including phenoxy) is 1. The van der Waals surface area contributed by atoms with E-state index < -0.39 is 0 Å². The van der Waals surface area contributed by atoms with Gasteiger partial charge in [-0.05, 0) is 49.3 Å². The molecule has 0 bridgehead atoms. The van der Waals surface area contributed by atoms with Crippen molar-refractivity contribution in [1.29, 1.82) is 0 Å². The Hall–Kier alpha value is -0.570. The summed E-state index contributed by atoms with van der Waals surface area (Å²) >= 11 is 6.01. The summed E-state index contributed by atoms with van der Waals surface area (Å²) in [7, 11) is 0. The number of hydrogen-bond donors (Lipinski definition) is 1. The van der Waals surface area contributed by atoms with E-state index in [0.29, 0.717) is 5.92 Å². The van der Waals surface area contributed by atoms with Crippen LogP contribution in [0, 0.1) is 5.92 Å². The number of halogens is 1. The van der Waals surface area contributed by atoms with Crippen LogP contribution in [0.15, 0.2) is 24.3 Å². The number of hydrogen-bond acceptors (Lipinski definition) is 2. The van der Waals surface area contributed by atoms with E-state index in [9.17, 15) is 0 Å². The second kappa shape index (κ2) is 4.27. The van der Waals surface area contributed by atoms with Crippen molar-refractivity contribution in [2.75, 3.05) is 6.61 Å². The van der Waals surface area contributed by atoms with Gasteiger partial charge in [0.2, 0.25) is 0 Å². The maximum absolute atomic E-state index is 6.56. The average molecular weight is 252 g/mol. The highest BCUT2D eigenvalue weighted by atomic mass is 35.5. The molecule has 1 saturated carbocycles. The number of nitrogens with two attached hydrogens (primary N) is 1. The minimum atomic E-state index is -0.189. The molecular formula is C14H18ClNO. The average Bonchev–Trinajstić information content (AvgIpc) is 3.03. The minimum Gasteiger partial charge on any atom is -0.376 e. The van der Waals surface area contributed by atoms with Crippen molar-refractivity contribution in [3.8, 4) is 0 Å². The fourth-order valence-electron chi connectivity index (χ4n) is 2.90. The topological polar surface area (TPSA) is 35.2 Å². The molecule has 2 nitrogen and oxygen atoms in total. The Morgan fingerprint density at radius 1 is 1.41 bits per heavy atom. The van der Waals surface area contributed by atoms with Gasteiger partial charge in [0, 0.05) is 17.2 Å². The molecule has 1 saturated heterocycles. The van der Waals surface area contributed by atoms with Gasteiger partial charge in [0.05, 0.1) is 6.10 Å². The molecule has 2 fully saturated rings. The smallest absolute Gasteiger partial charge is 0.0786 e. The zero-order chi connectivity index (χ0) is 11.9. The van der Waals surface area contributed by atoms with E-state index in [4.69, 9.17) is 22.1 Å². The Labute approximate surface area is 107 Å². The van der Waals surface area contributed by atoms with Gasteiger partial charge in [0.15, 0.2) is 0 Å². The molecule has 1 aliphatic heterocycles. The third kappa shape index (κ3) is 2.35. The van der Waals surface area contributed by atoms with Gasteiger partial charge in [-0.2, -0.15) is 0 Å². The summed E-state index contributed by atoms with van der Waals surface area (Å²) in [6.07, 6.45) is 4.63.